The number of aryl methyl sites for hydroxylation is 1. The van der Waals surface area contributed by atoms with Crippen molar-refractivity contribution < 1.29 is 23.4 Å². The van der Waals surface area contributed by atoms with Gasteiger partial charge in [0.2, 0.25) is 0 Å². The molecule has 0 bridgehead atoms. The Balaban J connectivity index is 2.29. The number of hydrogen-bond acceptors (Lipinski definition) is 6. The molecule has 0 spiro atoms. The molecule has 1 heterocycles. The highest BCUT2D eigenvalue weighted by Crippen LogP contribution is 2.23. The van der Waals surface area contributed by atoms with E-state index in [9.17, 15) is 14.0 Å². The molecule has 0 amide bonds. The minimum atomic E-state index is -0.605. The second-order valence-electron chi connectivity index (χ2n) is 6.07. The van der Waals surface area contributed by atoms with Crippen LogP contribution >= 0.6 is 0 Å². The molecule has 0 saturated carbocycles. The maximum absolute atomic E-state index is 14.2. The Morgan fingerprint density at radius 2 is 1.96 bits per heavy atom. The summed E-state index contributed by atoms with van der Waals surface area (Å²) in [6, 6.07) is 5.90. The van der Waals surface area contributed by atoms with Gasteiger partial charge in [-0.3, -0.25) is 4.79 Å². The molecule has 7 nitrogen and oxygen atoms in total. The lowest BCUT2D eigenvalue weighted by atomic mass is 10.2. The molecule has 8 heteroatoms. The third-order valence-corrected chi connectivity index (χ3v) is 3.92. The Morgan fingerprint density at radius 3 is 2.64 bits per heavy atom. The standard InChI is InChI=1S/C20H25FN2O5/c1-4-28-20(25)15-13-23(7-8-27-10-9-26-3)19(24)12-18(15)22-17-6-5-14(2)11-16(17)21/h5-6,11-13,22H,4,7-10H2,1-3H3. The van der Waals surface area contributed by atoms with Crippen LogP contribution in [-0.2, 0) is 20.8 Å². The SMILES string of the molecule is CCOC(=O)c1cn(CCOCCOC)c(=O)cc1Nc1ccc(C)cc1F. The van der Waals surface area contributed by atoms with E-state index < -0.39 is 11.8 Å². The zero-order valence-electron chi connectivity index (χ0n) is 16.3. The van der Waals surface area contributed by atoms with Crippen LogP contribution in [0.15, 0.2) is 35.3 Å². The quantitative estimate of drug-likeness (QED) is 0.495. The summed E-state index contributed by atoms with van der Waals surface area (Å²) in [5, 5.41) is 2.82. The number of hydrogen-bond donors (Lipinski definition) is 1. The second kappa shape index (κ2) is 10.6. The number of esters is 1. The molecule has 1 aromatic carbocycles. The monoisotopic (exact) mass is 392 g/mol. The minimum Gasteiger partial charge on any atom is -0.462 e. The zero-order chi connectivity index (χ0) is 20.5. The van der Waals surface area contributed by atoms with Crippen LogP contribution in [-0.4, -0.2) is 44.1 Å². The van der Waals surface area contributed by atoms with Crippen molar-refractivity contribution in [3.05, 3.63) is 57.8 Å². The predicted molar refractivity (Wildman–Crippen MR) is 104 cm³/mol. The lowest BCUT2D eigenvalue weighted by Gasteiger charge is -2.15. The second-order valence-corrected chi connectivity index (χ2v) is 6.07. The molecular weight excluding hydrogens is 367 g/mol. The first kappa shape index (κ1) is 21.6. The molecule has 1 N–H and O–H groups in total. The summed E-state index contributed by atoms with van der Waals surface area (Å²) < 4.78 is 30.9. The summed E-state index contributed by atoms with van der Waals surface area (Å²) in [5.41, 5.74) is 0.897. The molecule has 0 atom stereocenters. The summed E-state index contributed by atoms with van der Waals surface area (Å²) >= 11 is 0. The molecule has 0 fully saturated rings. The maximum Gasteiger partial charge on any atom is 0.341 e. The molecule has 28 heavy (non-hydrogen) atoms. The van der Waals surface area contributed by atoms with Gasteiger partial charge in [0, 0.05) is 25.9 Å². The Morgan fingerprint density at radius 1 is 1.18 bits per heavy atom. The molecule has 0 radical (unpaired) electrons. The minimum absolute atomic E-state index is 0.137. The van der Waals surface area contributed by atoms with Crippen LogP contribution in [0.2, 0.25) is 0 Å². The number of methoxy groups -OCH3 is 1. The number of nitrogens with zero attached hydrogens (tertiary/aromatic N) is 1. The number of anilines is 2. The third-order valence-electron chi connectivity index (χ3n) is 3.92. The summed E-state index contributed by atoms with van der Waals surface area (Å²) in [7, 11) is 1.57. The van der Waals surface area contributed by atoms with Gasteiger partial charge in [-0.1, -0.05) is 6.07 Å². The average Bonchev–Trinajstić information content (AvgIpc) is 2.65. The van der Waals surface area contributed by atoms with Crippen molar-refractivity contribution >= 4 is 17.3 Å². The number of halogens is 1. The first-order valence-corrected chi connectivity index (χ1v) is 8.97. The summed E-state index contributed by atoms with van der Waals surface area (Å²) in [6.07, 6.45) is 1.40. The number of nitrogens with one attached hydrogen (secondary N) is 1. The van der Waals surface area contributed by atoms with Gasteiger partial charge in [0.25, 0.3) is 5.56 Å². The number of rotatable bonds is 10. The van der Waals surface area contributed by atoms with Gasteiger partial charge in [-0.25, -0.2) is 9.18 Å². The summed E-state index contributed by atoms with van der Waals surface area (Å²) in [4.78, 5) is 24.8. The molecule has 2 rings (SSSR count). The van der Waals surface area contributed by atoms with Crippen molar-refractivity contribution in [2.45, 2.75) is 20.4 Å². The molecule has 1 aromatic heterocycles. The zero-order valence-corrected chi connectivity index (χ0v) is 16.3. The lowest BCUT2D eigenvalue weighted by Crippen LogP contribution is -2.25. The van der Waals surface area contributed by atoms with Crippen LogP contribution in [0.3, 0.4) is 0 Å². The molecular formula is C20H25FN2O5. The van der Waals surface area contributed by atoms with Gasteiger partial charge in [-0.15, -0.1) is 0 Å². The average molecular weight is 392 g/mol. The fraction of sp³-hybridized carbons (Fsp3) is 0.400. The van der Waals surface area contributed by atoms with E-state index in [1.807, 2.05) is 0 Å². The number of carbonyl (C=O) groups is 1. The Labute approximate surface area is 163 Å². The summed E-state index contributed by atoms with van der Waals surface area (Å²) in [5.74, 6) is -1.09. The fourth-order valence-corrected chi connectivity index (χ4v) is 2.50. The van der Waals surface area contributed by atoms with Crippen LogP contribution < -0.4 is 10.9 Å². The molecule has 0 aliphatic heterocycles. The van der Waals surface area contributed by atoms with E-state index in [1.54, 1.807) is 33.1 Å². The number of pyridine rings is 1. The van der Waals surface area contributed by atoms with E-state index in [1.165, 1.54) is 22.9 Å². The van der Waals surface area contributed by atoms with Crippen LogP contribution in [0.4, 0.5) is 15.8 Å². The van der Waals surface area contributed by atoms with Gasteiger partial charge in [0.05, 0.1) is 43.4 Å². The van der Waals surface area contributed by atoms with Crippen molar-refractivity contribution in [1.29, 1.82) is 0 Å². The molecule has 0 saturated heterocycles. The molecule has 0 aliphatic carbocycles. The molecule has 0 unspecified atom stereocenters. The molecule has 152 valence electrons. The predicted octanol–water partition coefficient (Wildman–Crippen LogP) is 2.88. The van der Waals surface area contributed by atoms with Gasteiger partial charge < -0.3 is 24.1 Å². The van der Waals surface area contributed by atoms with E-state index in [4.69, 9.17) is 14.2 Å². The van der Waals surface area contributed by atoms with Crippen molar-refractivity contribution in [2.24, 2.45) is 0 Å². The van der Waals surface area contributed by atoms with Crippen LogP contribution in [0.1, 0.15) is 22.8 Å². The van der Waals surface area contributed by atoms with Crippen LogP contribution in [0.5, 0.6) is 0 Å². The van der Waals surface area contributed by atoms with Gasteiger partial charge in [-0.2, -0.15) is 0 Å². The van der Waals surface area contributed by atoms with Crippen LogP contribution in [0.25, 0.3) is 0 Å². The van der Waals surface area contributed by atoms with E-state index in [0.29, 0.717) is 13.2 Å². The van der Waals surface area contributed by atoms with Crippen molar-refractivity contribution in [1.82, 2.24) is 4.57 Å². The Kier molecular flexibility index (Phi) is 8.16. The number of aromatic nitrogens is 1. The first-order valence-electron chi connectivity index (χ1n) is 8.97. The van der Waals surface area contributed by atoms with E-state index in [2.05, 4.69) is 5.32 Å². The number of benzene rings is 1. The van der Waals surface area contributed by atoms with Crippen molar-refractivity contribution in [2.75, 3.05) is 38.9 Å². The Bertz CT molecular complexity index is 866. The van der Waals surface area contributed by atoms with Gasteiger partial charge in [0.15, 0.2) is 0 Å². The normalized spacial score (nSPS) is 10.7. The largest absolute Gasteiger partial charge is 0.462 e. The fourth-order valence-electron chi connectivity index (χ4n) is 2.50. The first-order chi connectivity index (χ1) is 13.5. The number of ether oxygens (including phenoxy) is 3. The van der Waals surface area contributed by atoms with E-state index in [-0.39, 0.29) is 42.3 Å². The van der Waals surface area contributed by atoms with Crippen molar-refractivity contribution in [3.63, 3.8) is 0 Å². The smallest absolute Gasteiger partial charge is 0.341 e. The highest BCUT2D eigenvalue weighted by atomic mass is 19.1. The lowest BCUT2D eigenvalue weighted by molar-refractivity contribution is 0.0524. The molecule has 2 aromatic rings. The van der Waals surface area contributed by atoms with E-state index in [0.717, 1.165) is 5.56 Å². The molecule has 0 aliphatic rings. The van der Waals surface area contributed by atoms with E-state index >= 15 is 0 Å². The number of carbonyl (C=O) groups excluding carboxylic acids is 1. The third kappa shape index (κ3) is 5.90. The van der Waals surface area contributed by atoms with Gasteiger partial charge in [0.1, 0.15) is 5.82 Å². The van der Waals surface area contributed by atoms with Crippen molar-refractivity contribution in [3.8, 4) is 0 Å². The van der Waals surface area contributed by atoms with Gasteiger partial charge in [-0.05, 0) is 31.5 Å². The van der Waals surface area contributed by atoms with Crippen LogP contribution in [0, 0.1) is 12.7 Å². The van der Waals surface area contributed by atoms with Gasteiger partial charge >= 0.3 is 5.97 Å². The maximum atomic E-state index is 14.2. The highest BCUT2D eigenvalue weighted by Gasteiger charge is 2.17. The topological polar surface area (TPSA) is 78.8 Å². The summed E-state index contributed by atoms with van der Waals surface area (Å²) in [6.45, 7) is 5.03. The Hall–Kier alpha value is -2.71. The highest BCUT2D eigenvalue weighted by molar-refractivity contribution is 5.96.